The molecule has 2 amide bonds. The van der Waals surface area contributed by atoms with Crippen molar-refractivity contribution in [2.45, 2.75) is 50.5 Å². The molecular weight excluding hydrogens is 340 g/mol. The van der Waals surface area contributed by atoms with E-state index in [0.717, 1.165) is 32.2 Å². The van der Waals surface area contributed by atoms with E-state index in [0.29, 0.717) is 19.5 Å². The summed E-state index contributed by atoms with van der Waals surface area (Å²) in [5, 5.41) is 0. The lowest BCUT2D eigenvalue weighted by atomic mass is 9.84. The second-order valence-corrected chi connectivity index (χ2v) is 8.58. The highest BCUT2D eigenvalue weighted by molar-refractivity contribution is 5.86. The summed E-state index contributed by atoms with van der Waals surface area (Å²) < 4.78 is 5.90. The third-order valence-electron chi connectivity index (χ3n) is 7.01. The highest BCUT2D eigenvalue weighted by atomic mass is 16.5. The first-order valence-electron chi connectivity index (χ1n) is 10.2. The normalized spacial score (nSPS) is 24.0. The van der Waals surface area contributed by atoms with Gasteiger partial charge in [-0.05, 0) is 36.7 Å². The molecule has 1 aromatic carbocycles. The van der Waals surface area contributed by atoms with Crippen molar-refractivity contribution in [2.24, 2.45) is 5.41 Å². The van der Waals surface area contributed by atoms with E-state index in [1.807, 2.05) is 28.0 Å². The SMILES string of the molecule is COC1(c2ccccc2)CCN(C(=O)CN2CC3(CCCC3)CC2=O)CC1. The molecule has 5 heteroatoms. The summed E-state index contributed by atoms with van der Waals surface area (Å²) in [6.45, 7) is 2.37. The molecule has 146 valence electrons. The predicted molar refractivity (Wildman–Crippen MR) is 103 cm³/mol. The standard InChI is InChI=1S/C22H30N2O3/c1-27-22(18-7-3-2-4-8-18)11-13-23(14-12-22)20(26)16-24-17-21(15-19(24)25)9-5-6-10-21/h2-4,7-8H,5-6,9-17H2,1H3. The van der Waals surface area contributed by atoms with Gasteiger partial charge in [0, 0.05) is 33.2 Å². The van der Waals surface area contributed by atoms with Gasteiger partial charge in [0.2, 0.25) is 11.8 Å². The largest absolute Gasteiger partial charge is 0.373 e. The summed E-state index contributed by atoms with van der Waals surface area (Å²) in [7, 11) is 1.76. The zero-order valence-electron chi connectivity index (χ0n) is 16.3. The molecule has 1 aromatic rings. The number of hydrogen-bond donors (Lipinski definition) is 0. The maximum atomic E-state index is 12.8. The Balaban J connectivity index is 1.35. The first kappa shape index (κ1) is 18.5. The topological polar surface area (TPSA) is 49.9 Å². The van der Waals surface area contributed by atoms with Crippen molar-refractivity contribution in [3.63, 3.8) is 0 Å². The van der Waals surface area contributed by atoms with E-state index in [4.69, 9.17) is 4.74 Å². The number of methoxy groups -OCH3 is 1. The third-order valence-corrected chi connectivity index (χ3v) is 7.01. The Labute approximate surface area is 161 Å². The van der Waals surface area contributed by atoms with E-state index in [1.165, 1.54) is 18.4 Å². The molecular formula is C22H30N2O3. The van der Waals surface area contributed by atoms with Crippen LogP contribution in [0.5, 0.6) is 0 Å². The summed E-state index contributed by atoms with van der Waals surface area (Å²) in [6, 6.07) is 10.3. The van der Waals surface area contributed by atoms with Gasteiger partial charge < -0.3 is 14.5 Å². The molecule has 3 fully saturated rings. The van der Waals surface area contributed by atoms with Crippen LogP contribution in [-0.4, -0.2) is 54.9 Å². The third kappa shape index (κ3) is 3.49. The van der Waals surface area contributed by atoms with Gasteiger partial charge in [-0.15, -0.1) is 0 Å². The van der Waals surface area contributed by atoms with Crippen LogP contribution in [0.4, 0.5) is 0 Å². The molecule has 0 aromatic heterocycles. The summed E-state index contributed by atoms with van der Waals surface area (Å²) in [5.74, 6) is 0.244. The fourth-order valence-electron chi connectivity index (χ4n) is 5.32. The summed E-state index contributed by atoms with van der Waals surface area (Å²) >= 11 is 0. The van der Waals surface area contributed by atoms with Crippen LogP contribution in [0.1, 0.15) is 50.5 Å². The van der Waals surface area contributed by atoms with Gasteiger partial charge in [-0.3, -0.25) is 9.59 Å². The fraction of sp³-hybridized carbons (Fsp3) is 0.636. The molecule has 0 N–H and O–H groups in total. The summed E-state index contributed by atoms with van der Waals surface area (Å²) in [6.07, 6.45) is 6.94. The Morgan fingerprint density at radius 3 is 2.37 bits per heavy atom. The van der Waals surface area contributed by atoms with Crippen molar-refractivity contribution < 1.29 is 14.3 Å². The minimum Gasteiger partial charge on any atom is -0.373 e. The minimum atomic E-state index is -0.310. The monoisotopic (exact) mass is 370 g/mol. The zero-order chi connectivity index (χ0) is 18.9. The number of amides is 2. The van der Waals surface area contributed by atoms with Crippen molar-refractivity contribution in [3.8, 4) is 0 Å². The van der Waals surface area contributed by atoms with Crippen molar-refractivity contribution >= 4 is 11.8 Å². The van der Waals surface area contributed by atoms with E-state index in [2.05, 4.69) is 12.1 Å². The molecule has 4 rings (SSSR count). The number of nitrogens with zero attached hydrogens (tertiary/aromatic N) is 2. The number of piperidine rings is 1. The Kier molecular flexibility index (Phi) is 4.97. The number of hydrogen-bond acceptors (Lipinski definition) is 3. The van der Waals surface area contributed by atoms with Crippen LogP contribution in [0, 0.1) is 5.41 Å². The molecule has 1 spiro atoms. The summed E-state index contributed by atoms with van der Waals surface area (Å²) in [5.41, 5.74) is 1.03. The molecule has 1 aliphatic carbocycles. The van der Waals surface area contributed by atoms with Gasteiger partial charge in [0.1, 0.15) is 0 Å². The van der Waals surface area contributed by atoms with Crippen molar-refractivity contribution in [1.82, 2.24) is 9.80 Å². The van der Waals surface area contributed by atoms with Gasteiger partial charge in [-0.2, -0.15) is 0 Å². The molecule has 0 unspecified atom stereocenters. The molecule has 0 atom stereocenters. The van der Waals surface area contributed by atoms with Crippen LogP contribution >= 0.6 is 0 Å². The van der Waals surface area contributed by atoms with Crippen LogP contribution in [0.3, 0.4) is 0 Å². The van der Waals surface area contributed by atoms with Gasteiger partial charge in [-0.1, -0.05) is 43.2 Å². The molecule has 27 heavy (non-hydrogen) atoms. The lowest BCUT2D eigenvalue weighted by Gasteiger charge is -2.41. The van der Waals surface area contributed by atoms with E-state index >= 15 is 0 Å². The highest BCUT2D eigenvalue weighted by Gasteiger charge is 2.45. The smallest absolute Gasteiger partial charge is 0.242 e. The lowest BCUT2D eigenvalue weighted by molar-refractivity contribution is -0.142. The second-order valence-electron chi connectivity index (χ2n) is 8.58. The quantitative estimate of drug-likeness (QED) is 0.819. The molecule has 1 saturated carbocycles. The second kappa shape index (κ2) is 7.27. The first-order valence-corrected chi connectivity index (χ1v) is 10.2. The van der Waals surface area contributed by atoms with Crippen LogP contribution in [0.2, 0.25) is 0 Å². The number of likely N-dealkylation sites (tertiary alicyclic amines) is 2. The van der Waals surface area contributed by atoms with Gasteiger partial charge in [0.25, 0.3) is 0 Å². The van der Waals surface area contributed by atoms with E-state index in [1.54, 1.807) is 7.11 Å². The average molecular weight is 370 g/mol. The molecule has 5 nitrogen and oxygen atoms in total. The summed E-state index contributed by atoms with van der Waals surface area (Å²) in [4.78, 5) is 29.0. The number of carbonyl (C=O) groups excluding carboxylic acids is 2. The van der Waals surface area contributed by atoms with Gasteiger partial charge in [0.15, 0.2) is 0 Å². The van der Waals surface area contributed by atoms with Crippen molar-refractivity contribution in [3.05, 3.63) is 35.9 Å². The van der Waals surface area contributed by atoms with Crippen LogP contribution in [0.25, 0.3) is 0 Å². The van der Waals surface area contributed by atoms with Gasteiger partial charge in [-0.25, -0.2) is 0 Å². The Morgan fingerprint density at radius 1 is 1.07 bits per heavy atom. The van der Waals surface area contributed by atoms with Crippen LogP contribution in [0.15, 0.2) is 30.3 Å². The van der Waals surface area contributed by atoms with Crippen molar-refractivity contribution in [2.75, 3.05) is 33.3 Å². The molecule has 3 aliphatic rings. The molecule has 2 saturated heterocycles. The zero-order valence-corrected chi connectivity index (χ0v) is 16.3. The van der Waals surface area contributed by atoms with Crippen LogP contribution in [-0.2, 0) is 19.9 Å². The average Bonchev–Trinajstić information content (AvgIpc) is 3.28. The van der Waals surface area contributed by atoms with Gasteiger partial charge >= 0.3 is 0 Å². The van der Waals surface area contributed by atoms with Crippen molar-refractivity contribution in [1.29, 1.82) is 0 Å². The highest BCUT2D eigenvalue weighted by Crippen LogP contribution is 2.45. The Hall–Kier alpha value is -1.88. The molecule has 2 aliphatic heterocycles. The predicted octanol–water partition coefficient (Wildman–Crippen LogP) is 2.94. The molecule has 2 heterocycles. The van der Waals surface area contributed by atoms with E-state index in [-0.39, 0.29) is 29.4 Å². The first-order chi connectivity index (χ1) is 13.1. The Morgan fingerprint density at radius 2 is 1.74 bits per heavy atom. The Bertz CT molecular complexity index is 689. The fourth-order valence-corrected chi connectivity index (χ4v) is 5.32. The number of rotatable bonds is 4. The molecule has 0 radical (unpaired) electrons. The number of benzene rings is 1. The minimum absolute atomic E-state index is 0.0798. The van der Waals surface area contributed by atoms with Crippen LogP contribution < -0.4 is 0 Å². The number of carbonyl (C=O) groups is 2. The number of ether oxygens (including phenoxy) is 1. The maximum absolute atomic E-state index is 12.8. The molecule has 0 bridgehead atoms. The lowest BCUT2D eigenvalue weighted by Crippen LogP contribution is -2.49. The van der Waals surface area contributed by atoms with Gasteiger partial charge in [0.05, 0.1) is 12.1 Å². The van der Waals surface area contributed by atoms with E-state index in [9.17, 15) is 9.59 Å². The van der Waals surface area contributed by atoms with E-state index < -0.39 is 0 Å². The maximum Gasteiger partial charge on any atom is 0.242 e.